The van der Waals surface area contributed by atoms with E-state index in [1.165, 1.54) is 12.1 Å². The highest BCUT2D eigenvalue weighted by Crippen LogP contribution is 2.11. The molecule has 4 nitrogen and oxygen atoms in total. The topological polar surface area (TPSA) is 55.6 Å². The average Bonchev–Trinajstić information content (AvgIpc) is 2.43. The molecule has 0 spiro atoms. The van der Waals surface area contributed by atoms with Gasteiger partial charge < -0.3 is 15.4 Å². The number of carbonyl (C=O) groups is 1. The van der Waals surface area contributed by atoms with Crippen LogP contribution >= 0.6 is 11.8 Å². The monoisotopic (exact) mass is 300 g/mol. The van der Waals surface area contributed by atoms with Gasteiger partial charge in [0, 0.05) is 13.1 Å². The summed E-state index contributed by atoms with van der Waals surface area (Å²) in [4.78, 5) is 13.5. The van der Waals surface area contributed by atoms with Crippen molar-refractivity contribution >= 4 is 17.7 Å². The van der Waals surface area contributed by atoms with E-state index in [0.717, 1.165) is 5.75 Å². The van der Waals surface area contributed by atoms with Gasteiger partial charge in [-0.1, -0.05) is 6.07 Å². The lowest BCUT2D eigenvalue weighted by Gasteiger charge is -2.21. The van der Waals surface area contributed by atoms with Gasteiger partial charge >= 0.3 is 0 Å². The first-order valence-electron chi connectivity index (χ1n) is 6.42. The summed E-state index contributed by atoms with van der Waals surface area (Å²) in [6, 6.07) is 5.45. The van der Waals surface area contributed by atoms with Crippen LogP contribution in [0.5, 0.6) is 5.75 Å². The molecule has 0 unspecified atom stereocenters. The van der Waals surface area contributed by atoms with Crippen molar-refractivity contribution in [2.24, 2.45) is 5.73 Å². The molecule has 6 heteroatoms. The van der Waals surface area contributed by atoms with Gasteiger partial charge in [-0.15, -0.1) is 0 Å². The number of nitrogens with zero attached hydrogens (tertiary/aromatic N) is 1. The van der Waals surface area contributed by atoms with Gasteiger partial charge in [-0.25, -0.2) is 4.39 Å². The number of hydrogen-bond acceptors (Lipinski definition) is 4. The number of likely N-dealkylation sites (N-methyl/N-ethyl adjacent to an activating group) is 1. The van der Waals surface area contributed by atoms with Crippen molar-refractivity contribution in [1.29, 1.82) is 0 Å². The average molecular weight is 300 g/mol. The van der Waals surface area contributed by atoms with Crippen molar-refractivity contribution in [2.75, 3.05) is 32.2 Å². The van der Waals surface area contributed by atoms with Crippen LogP contribution in [0.25, 0.3) is 0 Å². The van der Waals surface area contributed by atoms with Crippen LogP contribution in [0.2, 0.25) is 0 Å². The van der Waals surface area contributed by atoms with E-state index in [4.69, 9.17) is 10.5 Å². The smallest absolute Gasteiger partial charge is 0.239 e. The zero-order chi connectivity index (χ0) is 15.0. The van der Waals surface area contributed by atoms with E-state index >= 15 is 0 Å². The molecule has 1 rings (SSSR count). The van der Waals surface area contributed by atoms with E-state index < -0.39 is 6.04 Å². The lowest BCUT2D eigenvalue weighted by Crippen LogP contribution is -2.43. The molecule has 20 heavy (non-hydrogen) atoms. The molecule has 1 aromatic carbocycles. The maximum absolute atomic E-state index is 12.9. The minimum absolute atomic E-state index is 0.0955. The zero-order valence-electron chi connectivity index (χ0n) is 11.8. The summed E-state index contributed by atoms with van der Waals surface area (Å²) in [5, 5.41) is 0. The number of thioether (sulfide) groups is 1. The Morgan fingerprint density at radius 1 is 1.55 bits per heavy atom. The number of hydrogen-bond donors (Lipinski definition) is 1. The maximum atomic E-state index is 12.9. The van der Waals surface area contributed by atoms with Gasteiger partial charge in [0.1, 0.15) is 18.2 Å². The van der Waals surface area contributed by atoms with E-state index in [9.17, 15) is 9.18 Å². The number of halogens is 1. The number of ether oxygens (including phenoxy) is 1. The Bertz CT molecular complexity index is 431. The van der Waals surface area contributed by atoms with E-state index in [1.807, 2.05) is 6.26 Å². The number of benzene rings is 1. The summed E-state index contributed by atoms with van der Waals surface area (Å²) in [6.45, 7) is 0.725. The molecule has 0 aliphatic carbocycles. The highest BCUT2D eigenvalue weighted by molar-refractivity contribution is 7.98. The molecule has 0 saturated carbocycles. The number of rotatable bonds is 8. The van der Waals surface area contributed by atoms with Gasteiger partial charge in [0.15, 0.2) is 0 Å². The van der Waals surface area contributed by atoms with Gasteiger partial charge in [0.2, 0.25) is 5.91 Å². The molecule has 0 fully saturated rings. The third-order valence-electron chi connectivity index (χ3n) is 2.82. The van der Waals surface area contributed by atoms with Gasteiger partial charge in [-0.3, -0.25) is 4.79 Å². The van der Waals surface area contributed by atoms with Crippen molar-refractivity contribution in [2.45, 2.75) is 12.5 Å². The Labute approximate surface area is 123 Å². The normalized spacial score (nSPS) is 12.0. The highest BCUT2D eigenvalue weighted by atomic mass is 32.2. The summed E-state index contributed by atoms with van der Waals surface area (Å²) < 4.78 is 18.3. The van der Waals surface area contributed by atoms with Crippen LogP contribution in [0, 0.1) is 5.82 Å². The van der Waals surface area contributed by atoms with Crippen LogP contribution < -0.4 is 10.5 Å². The predicted octanol–water partition coefficient (Wildman–Crippen LogP) is 1.74. The van der Waals surface area contributed by atoms with Crippen LogP contribution in [0.15, 0.2) is 24.3 Å². The van der Waals surface area contributed by atoms with E-state index in [1.54, 1.807) is 35.8 Å². The molecule has 0 radical (unpaired) electrons. The summed E-state index contributed by atoms with van der Waals surface area (Å²) >= 11 is 1.66. The molecule has 0 bridgehead atoms. The Hall–Kier alpha value is -1.27. The zero-order valence-corrected chi connectivity index (χ0v) is 12.7. The maximum Gasteiger partial charge on any atom is 0.239 e. The first-order chi connectivity index (χ1) is 9.54. The summed E-state index contributed by atoms with van der Waals surface area (Å²) in [6.07, 6.45) is 2.64. The molecule has 0 saturated heterocycles. The van der Waals surface area contributed by atoms with E-state index in [-0.39, 0.29) is 11.7 Å². The fraction of sp³-hybridized carbons (Fsp3) is 0.500. The predicted molar refractivity (Wildman–Crippen MR) is 80.5 cm³/mol. The van der Waals surface area contributed by atoms with Crippen molar-refractivity contribution in [3.63, 3.8) is 0 Å². The Kier molecular flexibility index (Phi) is 7.40. The second kappa shape index (κ2) is 8.81. The third-order valence-corrected chi connectivity index (χ3v) is 3.46. The molecular formula is C14H21FN2O2S. The fourth-order valence-electron chi connectivity index (χ4n) is 1.62. The molecule has 0 aliphatic heterocycles. The molecular weight excluding hydrogens is 279 g/mol. The largest absolute Gasteiger partial charge is 0.492 e. The number of nitrogens with two attached hydrogens (primary N) is 1. The van der Waals surface area contributed by atoms with Crippen molar-refractivity contribution in [3.05, 3.63) is 30.1 Å². The van der Waals surface area contributed by atoms with Crippen molar-refractivity contribution < 1.29 is 13.9 Å². The Morgan fingerprint density at radius 3 is 2.95 bits per heavy atom. The second-order valence-electron chi connectivity index (χ2n) is 4.45. The Balaban J connectivity index is 2.32. The summed E-state index contributed by atoms with van der Waals surface area (Å²) in [5.74, 6) is 0.881. The quantitative estimate of drug-likeness (QED) is 0.794. The molecule has 0 aromatic heterocycles. The summed E-state index contributed by atoms with van der Waals surface area (Å²) in [5.41, 5.74) is 5.81. The van der Waals surface area contributed by atoms with E-state index in [2.05, 4.69) is 0 Å². The summed E-state index contributed by atoms with van der Waals surface area (Å²) in [7, 11) is 1.69. The SMILES string of the molecule is CSCC[C@@H](N)C(=O)N(C)CCOc1cccc(F)c1. The van der Waals surface area contributed by atoms with Crippen LogP contribution in [-0.4, -0.2) is 49.1 Å². The lowest BCUT2D eigenvalue weighted by atomic mass is 10.2. The minimum atomic E-state index is -0.471. The van der Waals surface area contributed by atoms with E-state index in [0.29, 0.717) is 25.3 Å². The van der Waals surface area contributed by atoms with Crippen LogP contribution in [0.3, 0.4) is 0 Å². The van der Waals surface area contributed by atoms with Crippen LogP contribution in [0.4, 0.5) is 4.39 Å². The molecule has 2 N–H and O–H groups in total. The fourth-order valence-corrected chi connectivity index (χ4v) is 2.11. The van der Waals surface area contributed by atoms with Gasteiger partial charge in [0.05, 0.1) is 12.6 Å². The van der Waals surface area contributed by atoms with Crippen LogP contribution in [-0.2, 0) is 4.79 Å². The second-order valence-corrected chi connectivity index (χ2v) is 5.44. The molecule has 1 amide bonds. The molecule has 0 heterocycles. The minimum Gasteiger partial charge on any atom is -0.492 e. The van der Waals surface area contributed by atoms with Gasteiger partial charge in [-0.2, -0.15) is 11.8 Å². The molecule has 1 aromatic rings. The first-order valence-corrected chi connectivity index (χ1v) is 7.82. The number of amides is 1. The standard InChI is InChI=1S/C14H21FN2O2S/c1-17(14(18)13(16)6-9-20-2)7-8-19-12-5-3-4-11(15)10-12/h3-5,10,13H,6-9,16H2,1-2H3/t13-/m1/s1. The van der Waals surface area contributed by atoms with Crippen molar-refractivity contribution in [1.82, 2.24) is 4.90 Å². The highest BCUT2D eigenvalue weighted by Gasteiger charge is 2.17. The van der Waals surface area contributed by atoms with Gasteiger partial charge in [0.25, 0.3) is 0 Å². The van der Waals surface area contributed by atoms with Gasteiger partial charge in [-0.05, 0) is 30.6 Å². The third kappa shape index (κ3) is 5.79. The Morgan fingerprint density at radius 2 is 2.30 bits per heavy atom. The van der Waals surface area contributed by atoms with Crippen LogP contribution in [0.1, 0.15) is 6.42 Å². The number of carbonyl (C=O) groups excluding carboxylic acids is 1. The molecule has 1 atom stereocenters. The molecule has 0 aliphatic rings. The van der Waals surface area contributed by atoms with Crippen molar-refractivity contribution in [3.8, 4) is 5.75 Å². The molecule has 112 valence electrons. The lowest BCUT2D eigenvalue weighted by molar-refractivity contribution is -0.131. The first kappa shape index (κ1) is 16.8.